The zero-order valence-electron chi connectivity index (χ0n) is 16.9. The molecule has 0 unspecified atom stereocenters. The van der Waals surface area contributed by atoms with Gasteiger partial charge in [0, 0.05) is 6.54 Å². The minimum absolute atomic E-state index is 0.0730. The first-order chi connectivity index (χ1) is 14.4. The van der Waals surface area contributed by atoms with Crippen LogP contribution in [0.4, 0.5) is 5.69 Å². The van der Waals surface area contributed by atoms with Crippen LogP contribution < -0.4 is 9.04 Å². The van der Waals surface area contributed by atoms with Gasteiger partial charge in [-0.05, 0) is 59.9 Å². The van der Waals surface area contributed by atoms with Crippen molar-refractivity contribution >= 4 is 21.7 Å². The number of sulfonamides is 1. The number of carbonyl (C=O) groups excluding carboxylic acids is 1. The molecule has 1 aliphatic rings. The summed E-state index contributed by atoms with van der Waals surface area (Å²) in [5.41, 5.74) is 3.03. The second-order valence-corrected chi connectivity index (χ2v) is 9.46. The first-order valence-electron chi connectivity index (χ1n) is 9.89. The van der Waals surface area contributed by atoms with Crippen LogP contribution in [0, 0.1) is 0 Å². The summed E-state index contributed by atoms with van der Waals surface area (Å²) in [6.07, 6.45) is 0.670. The highest BCUT2D eigenvalue weighted by Gasteiger charge is 2.31. The summed E-state index contributed by atoms with van der Waals surface area (Å²) in [6.45, 7) is 4.57. The van der Waals surface area contributed by atoms with Gasteiger partial charge < -0.3 is 4.74 Å². The highest BCUT2D eigenvalue weighted by Crippen LogP contribution is 2.32. The third-order valence-electron chi connectivity index (χ3n) is 5.26. The number of anilines is 1. The average molecular weight is 422 g/mol. The Hall–Kier alpha value is -3.12. The van der Waals surface area contributed by atoms with Crippen LogP contribution in [0.15, 0.2) is 77.7 Å². The van der Waals surface area contributed by atoms with Crippen molar-refractivity contribution in [2.45, 2.75) is 31.1 Å². The van der Waals surface area contributed by atoms with Crippen LogP contribution in [0.2, 0.25) is 0 Å². The van der Waals surface area contributed by atoms with Crippen LogP contribution in [0.1, 0.15) is 41.3 Å². The normalized spacial score (nSPS) is 13.4. The Morgan fingerprint density at radius 2 is 1.70 bits per heavy atom. The number of ether oxygens (including phenoxy) is 1. The van der Waals surface area contributed by atoms with Gasteiger partial charge in [-0.1, -0.05) is 50.2 Å². The largest absolute Gasteiger partial charge is 0.423 e. The lowest BCUT2D eigenvalue weighted by Gasteiger charge is -2.19. The van der Waals surface area contributed by atoms with Crippen molar-refractivity contribution < 1.29 is 17.9 Å². The van der Waals surface area contributed by atoms with Crippen molar-refractivity contribution in [2.75, 3.05) is 10.8 Å². The molecule has 1 heterocycles. The van der Waals surface area contributed by atoms with Crippen molar-refractivity contribution in [2.24, 2.45) is 0 Å². The van der Waals surface area contributed by atoms with Crippen LogP contribution in [0.3, 0.4) is 0 Å². The number of benzene rings is 3. The Kier molecular flexibility index (Phi) is 5.35. The number of nitrogens with zero attached hydrogens (tertiary/aromatic N) is 1. The molecule has 0 amide bonds. The third-order valence-corrected chi connectivity index (χ3v) is 7.07. The highest BCUT2D eigenvalue weighted by atomic mass is 32.2. The van der Waals surface area contributed by atoms with E-state index in [4.69, 9.17) is 4.74 Å². The van der Waals surface area contributed by atoms with Gasteiger partial charge in [0.15, 0.2) is 0 Å². The number of carbonyl (C=O) groups is 1. The van der Waals surface area contributed by atoms with Crippen LogP contribution in [0.25, 0.3) is 0 Å². The van der Waals surface area contributed by atoms with Gasteiger partial charge in [0.05, 0.1) is 16.1 Å². The molecule has 0 atom stereocenters. The second kappa shape index (κ2) is 7.95. The lowest BCUT2D eigenvalue weighted by molar-refractivity contribution is 0.0734. The van der Waals surface area contributed by atoms with E-state index in [1.54, 1.807) is 30.3 Å². The number of hydrogen-bond donors (Lipinski definition) is 0. The molecular weight excluding hydrogens is 398 g/mol. The predicted molar refractivity (Wildman–Crippen MR) is 117 cm³/mol. The molecule has 0 radical (unpaired) electrons. The van der Waals surface area contributed by atoms with Gasteiger partial charge in [0.2, 0.25) is 0 Å². The third kappa shape index (κ3) is 3.83. The van der Waals surface area contributed by atoms with Crippen LogP contribution in [-0.4, -0.2) is 20.9 Å². The van der Waals surface area contributed by atoms with E-state index in [1.165, 1.54) is 16.4 Å². The zero-order chi connectivity index (χ0) is 21.3. The summed E-state index contributed by atoms with van der Waals surface area (Å²) in [4.78, 5) is 12.7. The lowest BCUT2D eigenvalue weighted by atomic mass is 10.0. The van der Waals surface area contributed by atoms with Gasteiger partial charge in [-0.2, -0.15) is 0 Å². The molecule has 0 aliphatic carbocycles. The van der Waals surface area contributed by atoms with E-state index in [1.807, 2.05) is 30.3 Å². The Bertz CT molecular complexity index is 1180. The molecule has 6 heteroatoms. The molecule has 0 N–H and O–H groups in total. The molecule has 4 rings (SSSR count). The first-order valence-corrected chi connectivity index (χ1v) is 11.3. The topological polar surface area (TPSA) is 63.7 Å². The van der Waals surface area contributed by atoms with Gasteiger partial charge >= 0.3 is 5.97 Å². The van der Waals surface area contributed by atoms with Gasteiger partial charge in [-0.3, -0.25) is 4.31 Å². The van der Waals surface area contributed by atoms with Gasteiger partial charge in [0.25, 0.3) is 10.0 Å². The fraction of sp³-hybridized carbons (Fsp3) is 0.208. The highest BCUT2D eigenvalue weighted by molar-refractivity contribution is 7.92. The van der Waals surface area contributed by atoms with Gasteiger partial charge in [-0.25, -0.2) is 13.2 Å². The molecule has 0 saturated heterocycles. The van der Waals surface area contributed by atoms with E-state index >= 15 is 0 Å². The summed E-state index contributed by atoms with van der Waals surface area (Å²) in [5, 5.41) is 0. The van der Waals surface area contributed by atoms with Crippen LogP contribution >= 0.6 is 0 Å². The summed E-state index contributed by atoms with van der Waals surface area (Å²) >= 11 is 0. The molecule has 0 spiro atoms. The Morgan fingerprint density at radius 3 is 2.43 bits per heavy atom. The summed E-state index contributed by atoms with van der Waals surface area (Å²) in [7, 11) is -3.77. The summed E-state index contributed by atoms with van der Waals surface area (Å²) in [6, 6.07) is 20.8. The van der Waals surface area contributed by atoms with E-state index < -0.39 is 16.0 Å². The first kappa shape index (κ1) is 20.2. The average Bonchev–Trinajstić information content (AvgIpc) is 3.19. The fourth-order valence-corrected chi connectivity index (χ4v) is 5.10. The molecule has 3 aromatic rings. The van der Waals surface area contributed by atoms with Crippen molar-refractivity contribution in [3.8, 4) is 5.75 Å². The Labute approximate surface area is 177 Å². The van der Waals surface area contributed by atoms with Gasteiger partial charge in [-0.15, -0.1) is 0 Å². The Morgan fingerprint density at radius 1 is 0.967 bits per heavy atom. The summed E-state index contributed by atoms with van der Waals surface area (Å²) < 4.78 is 33.2. The number of rotatable bonds is 5. The second-order valence-electron chi connectivity index (χ2n) is 7.60. The maximum Gasteiger partial charge on any atom is 0.343 e. The molecule has 3 aromatic carbocycles. The number of fused-ring (bicyclic) bond motifs is 1. The predicted octanol–water partition coefficient (Wildman–Crippen LogP) is 4.78. The SMILES string of the molecule is CC(C)c1ccc(OC(=O)c2cccc(S(=O)(=O)N3CCc4ccccc43)c2)cc1. The minimum atomic E-state index is -3.77. The molecule has 1 aliphatic heterocycles. The molecular formula is C24H23NO4S. The fourth-order valence-electron chi connectivity index (χ4n) is 3.56. The zero-order valence-corrected chi connectivity index (χ0v) is 17.7. The van der Waals surface area contributed by atoms with E-state index in [-0.39, 0.29) is 10.5 Å². The lowest BCUT2D eigenvalue weighted by Crippen LogP contribution is -2.29. The van der Waals surface area contributed by atoms with Crippen LogP contribution in [-0.2, 0) is 16.4 Å². The standard InChI is InChI=1S/C24H23NO4S/c1-17(2)18-10-12-21(13-11-18)29-24(26)20-7-5-8-22(16-20)30(27,28)25-15-14-19-6-3-4-9-23(19)25/h3-13,16-17H,14-15H2,1-2H3. The van der Waals surface area contributed by atoms with E-state index in [2.05, 4.69) is 13.8 Å². The van der Waals surface area contributed by atoms with Crippen molar-refractivity contribution in [1.82, 2.24) is 0 Å². The van der Waals surface area contributed by atoms with Gasteiger partial charge in [0.1, 0.15) is 5.75 Å². The maximum absolute atomic E-state index is 13.2. The van der Waals surface area contributed by atoms with Crippen molar-refractivity contribution in [3.63, 3.8) is 0 Å². The number of para-hydroxylation sites is 1. The minimum Gasteiger partial charge on any atom is -0.423 e. The molecule has 0 bridgehead atoms. The van der Waals surface area contributed by atoms with Crippen molar-refractivity contribution in [1.29, 1.82) is 0 Å². The monoisotopic (exact) mass is 421 g/mol. The molecule has 0 saturated carbocycles. The smallest absolute Gasteiger partial charge is 0.343 e. The number of hydrogen-bond acceptors (Lipinski definition) is 4. The van der Waals surface area contributed by atoms with Crippen LogP contribution in [0.5, 0.6) is 5.75 Å². The Balaban J connectivity index is 1.57. The quantitative estimate of drug-likeness (QED) is 0.439. The summed E-state index contributed by atoms with van der Waals surface area (Å²) in [5.74, 6) is 0.213. The van der Waals surface area contributed by atoms with E-state index in [9.17, 15) is 13.2 Å². The van der Waals surface area contributed by atoms with E-state index in [0.29, 0.717) is 30.3 Å². The maximum atomic E-state index is 13.2. The molecule has 30 heavy (non-hydrogen) atoms. The van der Waals surface area contributed by atoms with Crippen molar-refractivity contribution in [3.05, 3.63) is 89.5 Å². The molecule has 0 fully saturated rings. The molecule has 0 aromatic heterocycles. The molecule has 5 nitrogen and oxygen atoms in total. The molecule has 154 valence electrons. The number of esters is 1. The van der Waals surface area contributed by atoms with E-state index in [0.717, 1.165) is 11.1 Å².